The Bertz CT molecular complexity index is 316. The van der Waals surface area contributed by atoms with Gasteiger partial charge in [-0.15, -0.1) is 6.58 Å². The van der Waals surface area contributed by atoms with Crippen LogP contribution < -0.4 is 5.32 Å². The number of hydrogen-bond acceptors (Lipinski definition) is 3. The van der Waals surface area contributed by atoms with Gasteiger partial charge in [0.25, 0.3) is 0 Å². The van der Waals surface area contributed by atoms with Crippen molar-refractivity contribution in [3.63, 3.8) is 0 Å². The molecular weight excluding hydrogens is 170 g/mol. The molecule has 2 N–H and O–H groups in total. The van der Waals surface area contributed by atoms with Crippen molar-refractivity contribution in [2.75, 3.05) is 5.32 Å². The summed E-state index contributed by atoms with van der Waals surface area (Å²) in [5.74, 6) is -0.706. The van der Waals surface area contributed by atoms with E-state index in [4.69, 9.17) is 9.52 Å². The summed E-state index contributed by atoms with van der Waals surface area (Å²) >= 11 is 0. The minimum Gasteiger partial charge on any atom is -0.475 e. The van der Waals surface area contributed by atoms with Gasteiger partial charge in [-0.25, -0.2) is 4.79 Å². The van der Waals surface area contributed by atoms with Crippen LogP contribution >= 0.6 is 0 Å². The normalized spacial score (nSPS) is 12.1. The zero-order valence-electron chi connectivity index (χ0n) is 7.28. The highest BCUT2D eigenvalue weighted by atomic mass is 16.4. The first-order valence-electron chi connectivity index (χ1n) is 3.85. The van der Waals surface area contributed by atoms with E-state index in [-0.39, 0.29) is 11.8 Å². The molecule has 1 aromatic heterocycles. The van der Waals surface area contributed by atoms with Crippen LogP contribution in [0.25, 0.3) is 0 Å². The highest BCUT2D eigenvalue weighted by Gasteiger charge is 2.08. The molecule has 1 atom stereocenters. The third-order valence-corrected chi connectivity index (χ3v) is 1.54. The summed E-state index contributed by atoms with van der Waals surface area (Å²) in [5, 5.41) is 11.5. The number of furan rings is 1. The van der Waals surface area contributed by atoms with E-state index in [0.717, 1.165) is 0 Å². The molecule has 4 nitrogen and oxygen atoms in total. The van der Waals surface area contributed by atoms with E-state index in [0.29, 0.717) is 5.88 Å². The molecule has 0 spiro atoms. The minimum atomic E-state index is -1.07. The second-order valence-electron chi connectivity index (χ2n) is 2.64. The van der Waals surface area contributed by atoms with Crippen LogP contribution in [0.15, 0.2) is 29.2 Å². The van der Waals surface area contributed by atoms with Gasteiger partial charge in [0.1, 0.15) is 0 Å². The van der Waals surface area contributed by atoms with E-state index < -0.39 is 5.97 Å². The molecule has 0 saturated heterocycles. The number of carboxylic acid groups (broad SMARTS) is 1. The van der Waals surface area contributed by atoms with Crippen molar-refractivity contribution in [2.24, 2.45) is 0 Å². The highest BCUT2D eigenvalue weighted by molar-refractivity contribution is 5.84. The molecule has 1 rings (SSSR count). The molecule has 0 saturated carbocycles. The molecule has 0 radical (unpaired) electrons. The summed E-state index contributed by atoms with van der Waals surface area (Å²) < 4.78 is 4.96. The average Bonchev–Trinajstić information content (AvgIpc) is 2.52. The first-order chi connectivity index (χ1) is 6.13. The average molecular weight is 181 g/mol. The number of carboxylic acids is 1. The molecule has 0 aromatic carbocycles. The maximum atomic E-state index is 10.4. The standard InChI is InChI=1S/C9H11NO3/c1-3-6(2)10-8-5-4-7(13-8)9(11)12/h3-6,10H,1H2,2H3,(H,11,12). The van der Waals surface area contributed by atoms with Crippen molar-refractivity contribution in [1.29, 1.82) is 0 Å². The SMILES string of the molecule is C=CC(C)Nc1ccc(C(=O)O)o1. The van der Waals surface area contributed by atoms with Gasteiger partial charge in [-0.2, -0.15) is 0 Å². The Hall–Kier alpha value is -1.71. The fraction of sp³-hybridized carbons (Fsp3) is 0.222. The molecule has 0 bridgehead atoms. The van der Waals surface area contributed by atoms with Crippen LogP contribution in [-0.4, -0.2) is 17.1 Å². The van der Waals surface area contributed by atoms with E-state index in [1.165, 1.54) is 6.07 Å². The molecule has 1 heterocycles. The lowest BCUT2D eigenvalue weighted by Gasteiger charge is -2.05. The van der Waals surface area contributed by atoms with Crippen molar-refractivity contribution in [3.8, 4) is 0 Å². The van der Waals surface area contributed by atoms with Gasteiger partial charge in [0, 0.05) is 12.1 Å². The van der Waals surface area contributed by atoms with Gasteiger partial charge in [-0.1, -0.05) is 6.08 Å². The first-order valence-corrected chi connectivity index (χ1v) is 3.85. The smallest absolute Gasteiger partial charge is 0.371 e. The number of rotatable bonds is 4. The molecule has 0 aliphatic rings. The van der Waals surface area contributed by atoms with Crippen LogP contribution in [0.4, 0.5) is 5.88 Å². The van der Waals surface area contributed by atoms with Crippen LogP contribution in [0.3, 0.4) is 0 Å². The molecule has 0 aliphatic heterocycles. The lowest BCUT2D eigenvalue weighted by Crippen LogP contribution is -2.10. The Morgan fingerprint density at radius 2 is 2.46 bits per heavy atom. The van der Waals surface area contributed by atoms with Gasteiger partial charge >= 0.3 is 5.97 Å². The molecule has 0 amide bonds. The molecule has 1 aromatic rings. The summed E-state index contributed by atoms with van der Waals surface area (Å²) in [6, 6.07) is 3.03. The van der Waals surface area contributed by atoms with Crippen molar-refractivity contribution in [1.82, 2.24) is 0 Å². The van der Waals surface area contributed by atoms with Gasteiger partial charge in [-0.05, 0) is 13.0 Å². The van der Waals surface area contributed by atoms with Gasteiger partial charge in [0.05, 0.1) is 0 Å². The predicted octanol–water partition coefficient (Wildman–Crippen LogP) is 1.96. The molecule has 1 unspecified atom stereocenters. The van der Waals surface area contributed by atoms with E-state index >= 15 is 0 Å². The maximum Gasteiger partial charge on any atom is 0.371 e. The number of hydrogen-bond donors (Lipinski definition) is 2. The summed E-state index contributed by atoms with van der Waals surface area (Å²) in [6.45, 7) is 5.46. The molecule has 4 heteroatoms. The van der Waals surface area contributed by atoms with Gasteiger partial charge in [-0.3, -0.25) is 0 Å². The molecular formula is C9H11NO3. The Balaban J connectivity index is 2.69. The Kier molecular flexibility index (Phi) is 2.74. The second kappa shape index (κ2) is 3.80. The van der Waals surface area contributed by atoms with Crippen LogP contribution in [0.1, 0.15) is 17.5 Å². The third kappa shape index (κ3) is 2.37. The second-order valence-corrected chi connectivity index (χ2v) is 2.64. The van der Waals surface area contributed by atoms with Gasteiger partial charge < -0.3 is 14.8 Å². The molecule has 0 aliphatic carbocycles. The largest absolute Gasteiger partial charge is 0.475 e. The highest BCUT2D eigenvalue weighted by Crippen LogP contribution is 2.14. The summed E-state index contributed by atoms with van der Waals surface area (Å²) in [5.41, 5.74) is 0. The lowest BCUT2D eigenvalue weighted by molar-refractivity contribution is 0.0663. The first kappa shape index (κ1) is 9.38. The van der Waals surface area contributed by atoms with Crippen molar-refractivity contribution >= 4 is 11.9 Å². The maximum absolute atomic E-state index is 10.4. The number of carbonyl (C=O) groups is 1. The lowest BCUT2D eigenvalue weighted by atomic mass is 10.3. The Morgan fingerprint density at radius 3 is 2.92 bits per heavy atom. The van der Waals surface area contributed by atoms with Crippen molar-refractivity contribution in [3.05, 3.63) is 30.5 Å². The van der Waals surface area contributed by atoms with E-state index in [9.17, 15) is 4.79 Å². The number of anilines is 1. The van der Waals surface area contributed by atoms with E-state index in [2.05, 4.69) is 11.9 Å². The third-order valence-electron chi connectivity index (χ3n) is 1.54. The van der Waals surface area contributed by atoms with E-state index in [1.54, 1.807) is 12.1 Å². The van der Waals surface area contributed by atoms with E-state index in [1.807, 2.05) is 6.92 Å². The Labute approximate surface area is 75.9 Å². The fourth-order valence-electron chi connectivity index (χ4n) is 0.814. The summed E-state index contributed by atoms with van der Waals surface area (Å²) in [7, 11) is 0. The van der Waals surface area contributed by atoms with Gasteiger partial charge in [0.15, 0.2) is 5.88 Å². The number of aromatic carboxylic acids is 1. The fourth-order valence-corrected chi connectivity index (χ4v) is 0.814. The van der Waals surface area contributed by atoms with Crippen LogP contribution in [0.2, 0.25) is 0 Å². The van der Waals surface area contributed by atoms with Crippen LogP contribution in [0, 0.1) is 0 Å². The predicted molar refractivity (Wildman–Crippen MR) is 48.9 cm³/mol. The van der Waals surface area contributed by atoms with Crippen molar-refractivity contribution < 1.29 is 14.3 Å². The number of nitrogens with one attached hydrogen (secondary N) is 1. The molecule has 0 fully saturated rings. The topological polar surface area (TPSA) is 62.5 Å². The molecule has 70 valence electrons. The summed E-state index contributed by atoms with van der Waals surface area (Å²) in [4.78, 5) is 10.4. The zero-order valence-corrected chi connectivity index (χ0v) is 7.28. The van der Waals surface area contributed by atoms with Gasteiger partial charge in [0.2, 0.25) is 5.76 Å². The monoisotopic (exact) mass is 181 g/mol. The molecule has 13 heavy (non-hydrogen) atoms. The Morgan fingerprint density at radius 1 is 1.77 bits per heavy atom. The minimum absolute atomic E-state index is 0.0489. The zero-order chi connectivity index (χ0) is 9.84. The van der Waals surface area contributed by atoms with Crippen LogP contribution in [0.5, 0.6) is 0 Å². The van der Waals surface area contributed by atoms with Crippen molar-refractivity contribution in [2.45, 2.75) is 13.0 Å². The quantitative estimate of drug-likeness (QED) is 0.697. The summed E-state index contributed by atoms with van der Waals surface area (Å²) in [6.07, 6.45) is 1.70. The van der Waals surface area contributed by atoms with Crippen LogP contribution in [-0.2, 0) is 0 Å².